The molecular weight excluding hydrogens is 589 g/mol. The van der Waals surface area contributed by atoms with E-state index < -0.39 is 58.4 Å². The number of thioether (sulfide) groups is 3. The van der Waals surface area contributed by atoms with Crippen molar-refractivity contribution < 1.29 is 43.3 Å². The van der Waals surface area contributed by atoms with Crippen LogP contribution in [0.15, 0.2) is 30.3 Å². The molecule has 41 heavy (non-hydrogen) atoms. The summed E-state index contributed by atoms with van der Waals surface area (Å²) in [5.74, 6) is -3.17. The van der Waals surface area contributed by atoms with Gasteiger partial charge in [0.15, 0.2) is 18.3 Å². The van der Waals surface area contributed by atoms with Crippen LogP contribution in [0.25, 0.3) is 0 Å². The molecule has 0 spiro atoms. The zero-order valence-electron chi connectivity index (χ0n) is 24.2. The molecule has 9 nitrogen and oxygen atoms in total. The number of hydrogen-bond donors (Lipinski definition) is 1. The largest absolute Gasteiger partial charge is 0.481 e. The highest BCUT2D eigenvalue weighted by Crippen LogP contribution is 2.24. The number of carboxylic acids is 1. The van der Waals surface area contributed by atoms with E-state index in [0.717, 1.165) is 29.1 Å². The van der Waals surface area contributed by atoms with Crippen molar-refractivity contribution in [3.05, 3.63) is 35.9 Å². The minimum atomic E-state index is -0.979. The van der Waals surface area contributed by atoms with E-state index in [2.05, 4.69) is 0 Å². The molecule has 12 heteroatoms. The lowest BCUT2D eigenvalue weighted by atomic mass is 9.99. The maximum absolute atomic E-state index is 12.8. The highest BCUT2D eigenvalue weighted by molar-refractivity contribution is 8.14. The summed E-state index contributed by atoms with van der Waals surface area (Å²) < 4.78 is 10.4. The SMILES string of the molecule is CC(=O)SCC(Cc1ccccc1)C(=O)OCC(=O)SC(CC(C)C)C(=O)OCC(=O)SCC(CC(C)C)C(=O)O. The van der Waals surface area contributed by atoms with Gasteiger partial charge < -0.3 is 14.6 Å². The molecule has 1 N–H and O–H groups in total. The summed E-state index contributed by atoms with van der Waals surface area (Å²) in [7, 11) is 0. The molecule has 228 valence electrons. The third-order valence-electron chi connectivity index (χ3n) is 5.58. The van der Waals surface area contributed by atoms with Gasteiger partial charge in [-0.05, 0) is 36.7 Å². The standard InChI is InChI=1S/C29H40O9S3/c1-18(2)11-22(27(33)34)16-40-25(31)14-38-29(36)24(12-19(3)4)41-26(32)15-37-28(35)23(17-39-20(5)30)13-21-9-7-6-8-10-21/h6-10,18-19,22-24H,11-17H2,1-5H3,(H,33,34). The Kier molecular flexibility index (Phi) is 17.7. The van der Waals surface area contributed by atoms with Crippen LogP contribution in [0.4, 0.5) is 0 Å². The van der Waals surface area contributed by atoms with Crippen LogP contribution in [0, 0.1) is 23.7 Å². The molecule has 0 fully saturated rings. The van der Waals surface area contributed by atoms with Crippen molar-refractivity contribution in [3.8, 4) is 0 Å². The van der Waals surface area contributed by atoms with E-state index in [-0.39, 0.29) is 28.5 Å². The fourth-order valence-electron chi connectivity index (χ4n) is 3.66. The number of carbonyl (C=O) groups is 6. The van der Waals surface area contributed by atoms with E-state index >= 15 is 0 Å². The normalized spacial score (nSPS) is 13.3. The van der Waals surface area contributed by atoms with Crippen LogP contribution in [0.5, 0.6) is 0 Å². The number of esters is 2. The lowest BCUT2D eigenvalue weighted by Gasteiger charge is -2.18. The molecular formula is C29H40O9S3. The molecule has 0 aromatic heterocycles. The van der Waals surface area contributed by atoms with E-state index in [1.165, 1.54) is 6.92 Å². The molecule has 3 unspecified atom stereocenters. The maximum atomic E-state index is 12.8. The maximum Gasteiger partial charge on any atom is 0.320 e. The highest BCUT2D eigenvalue weighted by Gasteiger charge is 2.28. The number of aliphatic carboxylic acids is 1. The fraction of sp³-hybridized carbons (Fsp3) is 0.586. The Balaban J connectivity index is 2.66. The van der Waals surface area contributed by atoms with Gasteiger partial charge in [0.25, 0.3) is 0 Å². The van der Waals surface area contributed by atoms with Crippen LogP contribution in [0.1, 0.15) is 53.0 Å². The molecule has 0 amide bonds. The lowest BCUT2D eigenvalue weighted by molar-refractivity contribution is -0.149. The molecule has 0 aliphatic rings. The van der Waals surface area contributed by atoms with Gasteiger partial charge in [-0.2, -0.15) is 0 Å². The lowest BCUT2D eigenvalue weighted by Crippen LogP contribution is -2.28. The van der Waals surface area contributed by atoms with Crippen LogP contribution in [-0.4, -0.2) is 68.3 Å². The number of hydrogen-bond acceptors (Lipinski definition) is 11. The van der Waals surface area contributed by atoms with Crippen molar-refractivity contribution in [3.63, 3.8) is 0 Å². The Morgan fingerprint density at radius 2 is 1.32 bits per heavy atom. The van der Waals surface area contributed by atoms with E-state index in [0.29, 0.717) is 31.0 Å². The molecule has 0 aliphatic carbocycles. The zero-order chi connectivity index (χ0) is 30.9. The van der Waals surface area contributed by atoms with Crippen molar-refractivity contribution in [2.45, 2.75) is 59.1 Å². The van der Waals surface area contributed by atoms with Gasteiger partial charge in [-0.25, -0.2) is 0 Å². The second-order valence-corrected chi connectivity index (χ2v) is 13.9. The molecule has 0 saturated carbocycles. The van der Waals surface area contributed by atoms with Crippen LogP contribution in [-0.2, 0) is 44.7 Å². The van der Waals surface area contributed by atoms with E-state index in [4.69, 9.17) is 9.47 Å². The van der Waals surface area contributed by atoms with Gasteiger partial charge in [-0.3, -0.25) is 28.8 Å². The van der Waals surface area contributed by atoms with Crippen molar-refractivity contribution >= 4 is 68.5 Å². The number of ether oxygens (including phenoxy) is 2. The molecule has 1 rings (SSSR count). The summed E-state index contributed by atoms with van der Waals surface area (Å²) in [5, 5.41) is 7.27. The van der Waals surface area contributed by atoms with Crippen LogP contribution < -0.4 is 0 Å². The molecule has 3 atom stereocenters. The summed E-state index contributed by atoms with van der Waals surface area (Å²) in [6, 6.07) is 9.27. The smallest absolute Gasteiger partial charge is 0.320 e. The molecule has 0 heterocycles. The average molecular weight is 629 g/mol. The Bertz CT molecular complexity index is 1030. The first-order valence-electron chi connectivity index (χ1n) is 13.4. The van der Waals surface area contributed by atoms with E-state index in [1.807, 2.05) is 58.0 Å². The molecule has 0 radical (unpaired) electrons. The third-order valence-corrected chi connectivity index (χ3v) is 8.62. The number of carbonyl (C=O) groups excluding carboxylic acids is 5. The van der Waals surface area contributed by atoms with Crippen molar-refractivity contribution in [2.75, 3.05) is 24.7 Å². The van der Waals surface area contributed by atoms with Crippen molar-refractivity contribution in [1.29, 1.82) is 0 Å². The first kappa shape index (κ1) is 36.7. The van der Waals surface area contributed by atoms with Gasteiger partial charge >= 0.3 is 17.9 Å². The zero-order valence-corrected chi connectivity index (χ0v) is 26.6. The molecule has 0 bridgehead atoms. The summed E-state index contributed by atoms with van der Waals surface area (Å²) in [6.45, 7) is 7.86. The van der Waals surface area contributed by atoms with Gasteiger partial charge in [-0.15, -0.1) is 0 Å². The van der Waals surface area contributed by atoms with Crippen molar-refractivity contribution in [2.24, 2.45) is 23.7 Å². The first-order chi connectivity index (χ1) is 19.3. The fourth-order valence-corrected chi connectivity index (χ4v) is 6.24. The Morgan fingerprint density at radius 3 is 1.88 bits per heavy atom. The quantitative estimate of drug-likeness (QED) is 0.221. The van der Waals surface area contributed by atoms with E-state index in [1.54, 1.807) is 0 Å². The summed E-state index contributed by atoms with van der Waals surface area (Å²) in [4.78, 5) is 73.2. The predicted molar refractivity (Wildman–Crippen MR) is 163 cm³/mol. The van der Waals surface area contributed by atoms with Gasteiger partial charge in [0.1, 0.15) is 5.25 Å². The molecule has 0 saturated heterocycles. The van der Waals surface area contributed by atoms with Crippen LogP contribution in [0.2, 0.25) is 0 Å². The van der Waals surface area contributed by atoms with Crippen LogP contribution in [0.3, 0.4) is 0 Å². The van der Waals surface area contributed by atoms with Gasteiger partial charge in [-0.1, -0.05) is 93.3 Å². The molecule has 0 aliphatic heterocycles. The Morgan fingerprint density at radius 1 is 0.756 bits per heavy atom. The van der Waals surface area contributed by atoms with Crippen LogP contribution >= 0.6 is 35.3 Å². The third kappa shape index (κ3) is 16.7. The Hall–Kier alpha value is -2.31. The number of rotatable bonds is 18. The summed E-state index contributed by atoms with van der Waals surface area (Å²) in [5.41, 5.74) is 0.894. The second-order valence-electron chi connectivity index (χ2n) is 10.4. The summed E-state index contributed by atoms with van der Waals surface area (Å²) in [6.07, 6.45) is 1.07. The van der Waals surface area contributed by atoms with Gasteiger partial charge in [0.05, 0.1) is 11.8 Å². The molecule has 1 aromatic rings. The van der Waals surface area contributed by atoms with Gasteiger partial charge in [0, 0.05) is 18.4 Å². The van der Waals surface area contributed by atoms with Crippen molar-refractivity contribution in [1.82, 2.24) is 0 Å². The highest BCUT2D eigenvalue weighted by atomic mass is 32.2. The minimum absolute atomic E-state index is 0.0340. The summed E-state index contributed by atoms with van der Waals surface area (Å²) >= 11 is 2.51. The number of carboxylic acid groups (broad SMARTS) is 1. The topological polar surface area (TPSA) is 141 Å². The Labute approximate surface area is 254 Å². The number of benzene rings is 1. The van der Waals surface area contributed by atoms with E-state index in [9.17, 15) is 33.9 Å². The van der Waals surface area contributed by atoms with Gasteiger partial charge in [0.2, 0.25) is 10.2 Å². The predicted octanol–water partition coefficient (Wildman–Crippen LogP) is 4.89. The first-order valence-corrected chi connectivity index (χ1v) is 16.2. The second kappa shape index (κ2) is 19.7. The minimum Gasteiger partial charge on any atom is -0.481 e. The monoisotopic (exact) mass is 628 g/mol. The molecule has 1 aromatic carbocycles. The average Bonchev–Trinajstić information content (AvgIpc) is 2.90.